The van der Waals surface area contributed by atoms with Gasteiger partial charge in [0.2, 0.25) is 5.91 Å². The summed E-state index contributed by atoms with van der Waals surface area (Å²) in [4.78, 5) is 37.1. The molecule has 1 heterocycles. The van der Waals surface area contributed by atoms with Gasteiger partial charge in [-0.3, -0.25) is 14.4 Å². The maximum absolute atomic E-state index is 12.3. The van der Waals surface area contributed by atoms with E-state index in [9.17, 15) is 19.5 Å². The number of rotatable bonds is 5. The smallest absolute Gasteiger partial charge is 0.308 e. The van der Waals surface area contributed by atoms with E-state index in [2.05, 4.69) is 21.2 Å². The highest BCUT2D eigenvalue weighted by atomic mass is 79.9. The van der Waals surface area contributed by atoms with Gasteiger partial charge in [-0.1, -0.05) is 15.9 Å². The van der Waals surface area contributed by atoms with Crippen LogP contribution in [0.3, 0.4) is 0 Å². The van der Waals surface area contributed by atoms with Crippen LogP contribution >= 0.6 is 15.9 Å². The van der Waals surface area contributed by atoms with Crippen LogP contribution in [0.2, 0.25) is 0 Å². The van der Waals surface area contributed by atoms with Crippen molar-refractivity contribution in [3.63, 3.8) is 0 Å². The van der Waals surface area contributed by atoms with Gasteiger partial charge in [-0.15, -0.1) is 0 Å². The van der Waals surface area contributed by atoms with Crippen molar-refractivity contribution < 1.29 is 19.5 Å². The highest BCUT2D eigenvalue weighted by Gasteiger charge is 2.34. The number of likely N-dealkylation sites (tertiary alicyclic amines) is 1. The molecule has 2 N–H and O–H groups in total. The summed E-state index contributed by atoms with van der Waals surface area (Å²) in [6.45, 7) is 2.58. The number of carboxylic acids is 1. The molecule has 0 aliphatic carbocycles. The van der Waals surface area contributed by atoms with Crippen molar-refractivity contribution in [3.05, 3.63) is 34.3 Å². The van der Waals surface area contributed by atoms with Crippen molar-refractivity contribution in [1.82, 2.24) is 10.2 Å². The Hall–Kier alpha value is -1.89. The van der Waals surface area contributed by atoms with E-state index < -0.39 is 11.9 Å². The van der Waals surface area contributed by atoms with Gasteiger partial charge in [0, 0.05) is 35.6 Å². The molecular weight excluding hydrogens is 376 g/mol. The Labute approximate surface area is 149 Å². The highest BCUT2D eigenvalue weighted by Crippen LogP contribution is 2.24. The second-order valence-corrected chi connectivity index (χ2v) is 6.84. The molecular formula is C17H21BrN2O4. The van der Waals surface area contributed by atoms with Gasteiger partial charge in [0.15, 0.2) is 0 Å². The Balaban J connectivity index is 1.83. The number of piperidine rings is 1. The van der Waals surface area contributed by atoms with Crippen molar-refractivity contribution in [2.45, 2.75) is 32.2 Å². The zero-order valence-electron chi connectivity index (χ0n) is 13.5. The maximum atomic E-state index is 12.3. The number of carbonyl (C=O) groups excluding carboxylic acids is 2. The molecule has 24 heavy (non-hydrogen) atoms. The number of hydrogen-bond donors (Lipinski definition) is 2. The van der Waals surface area contributed by atoms with Gasteiger partial charge in [-0.25, -0.2) is 0 Å². The van der Waals surface area contributed by atoms with Crippen LogP contribution < -0.4 is 5.32 Å². The fraction of sp³-hybridized carbons (Fsp3) is 0.471. The van der Waals surface area contributed by atoms with Crippen LogP contribution in [0.15, 0.2) is 28.7 Å². The standard InChI is InChI=1S/C17H21BrN2O4/c1-11-14(17(23)24)3-2-10-20(11)15(21)8-9-19-16(22)12-4-6-13(18)7-5-12/h4-7,11,14H,2-3,8-10H2,1H3,(H,19,22)(H,23,24)/t11-,14-/m1/s1. The van der Waals surface area contributed by atoms with Crippen LogP contribution in [0.5, 0.6) is 0 Å². The monoisotopic (exact) mass is 396 g/mol. The molecule has 0 aromatic heterocycles. The maximum Gasteiger partial charge on any atom is 0.308 e. The van der Waals surface area contributed by atoms with Gasteiger partial charge >= 0.3 is 5.97 Å². The van der Waals surface area contributed by atoms with Gasteiger partial charge in [0.05, 0.1) is 5.92 Å². The van der Waals surface area contributed by atoms with Crippen molar-refractivity contribution in [3.8, 4) is 0 Å². The first-order chi connectivity index (χ1) is 11.4. The largest absolute Gasteiger partial charge is 0.481 e. The molecule has 7 heteroatoms. The molecule has 2 atom stereocenters. The topological polar surface area (TPSA) is 86.7 Å². The third kappa shape index (κ3) is 4.56. The Morgan fingerprint density at radius 1 is 1.29 bits per heavy atom. The summed E-state index contributed by atoms with van der Waals surface area (Å²) in [6, 6.07) is 6.64. The summed E-state index contributed by atoms with van der Waals surface area (Å²) in [5, 5.41) is 11.9. The van der Waals surface area contributed by atoms with Gasteiger partial charge in [0.25, 0.3) is 5.91 Å². The summed E-state index contributed by atoms with van der Waals surface area (Å²) in [5.74, 6) is -1.72. The molecule has 130 valence electrons. The molecule has 6 nitrogen and oxygen atoms in total. The van der Waals surface area contributed by atoms with Crippen LogP contribution in [0.1, 0.15) is 36.5 Å². The van der Waals surface area contributed by atoms with Crippen LogP contribution in [0.4, 0.5) is 0 Å². The molecule has 1 aliphatic heterocycles. The average Bonchev–Trinajstić information content (AvgIpc) is 2.55. The summed E-state index contributed by atoms with van der Waals surface area (Å²) in [6.07, 6.45) is 1.46. The lowest BCUT2D eigenvalue weighted by Gasteiger charge is -2.37. The molecule has 0 bridgehead atoms. The molecule has 1 aliphatic rings. The average molecular weight is 397 g/mol. The first kappa shape index (κ1) is 18.4. The number of nitrogens with zero attached hydrogens (tertiary/aromatic N) is 1. The molecule has 0 spiro atoms. The summed E-state index contributed by atoms with van der Waals surface area (Å²) in [7, 11) is 0. The lowest BCUT2D eigenvalue weighted by molar-refractivity contribution is -0.149. The Morgan fingerprint density at radius 2 is 1.96 bits per heavy atom. The zero-order valence-corrected chi connectivity index (χ0v) is 15.1. The third-order valence-corrected chi connectivity index (χ3v) is 4.89. The predicted molar refractivity (Wildman–Crippen MR) is 92.6 cm³/mol. The number of halogens is 1. The van der Waals surface area contributed by atoms with E-state index in [1.807, 2.05) is 0 Å². The summed E-state index contributed by atoms with van der Waals surface area (Å²) >= 11 is 3.31. The molecule has 1 saturated heterocycles. The number of nitrogens with one attached hydrogen (secondary N) is 1. The van der Waals surface area contributed by atoms with E-state index in [4.69, 9.17) is 0 Å². The summed E-state index contributed by atoms with van der Waals surface area (Å²) < 4.78 is 0.890. The number of carbonyl (C=O) groups is 3. The van der Waals surface area contributed by atoms with Crippen LogP contribution in [-0.2, 0) is 9.59 Å². The molecule has 0 unspecified atom stereocenters. The normalized spacial score (nSPS) is 20.5. The molecule has 2 amide bonds. The second-order valence-electron chi connectivity index (χ2n) is 5.93. The highest BCUT2D eigenvalue weighted by molar-refractivity contribution is 9.10. The molecule has 1 fully saturated rings. The number of benzene rings is 1. The fourth-order valence-corrected chi connectivity index (χ4v) is 3.22. The molecule has 0 radical (unpaired) electrons. The van der Waals surface area contributed by atoms with Gasteiger partial charge < -0.3 is 15.3 Å². The zero-order chi connectivity index (χ0) is 17.7. The Kier molecular flexibility index (Phi) is 6.36. The molecule has 1 aromatic rings. The minimum absolute atomic E-state index is 0.121. The van der Waals surface area contributed by atoms with E-state index in [0.29, 0.717) is 24.9 Å². The van der Waals surface area contributed by atoms with Crippen molar-refractivity contribution in [1.29, 1.82) is 0 Å². The first-order valence-electron chi connectivity index (χ1n) is 7.96. The second kappa shape index (κ2) is 8.28. The van der Waals surface area contributed by atoms with Crippen molar-refractivity contribution >= 4 is 33.7 Å². The van der Waals surface area contributed by atoms with E-state index in [-0.39, 0.29) is 30.8 Å². The van der Waals surface area contributed by atoms with Gasteiger partial charge in [-0.2, -0.15) is 0 Å². The van der Waals surface area contributed by atoms with Crippen LogP contribution in [0.25, 0.3) is 0 Å². The number of aliphatic carboxylic acids is 1. The van der Waals surface area contributed by atoms with E-state index in [1.54, 1.807) is 36.1 Å². The minimum Gasteiger partial charge on any atom is -0.481 e. The fourth-order valence-electron chi connectivity index (χ4n) is 2.96. The van der Waals surface area contributed by atoms with Gasteiger partial charge in [-0.05, 0) is 44.0 Å². The Bertz CT molecular complexity index is 618. The van der Waals surface area contributed by atoms with Crippen molar-refractivity contribution in [2.24, 2.45) is 5.92 Å². The Morgan fingerprint density at radius 3 is 2.58 bits per heavy atom. The molecule has 0 saturated carbocycles. The predicted octanol–water partition coefficient (Wildman–Crippen LogP) is 2.28. The van der Waals surface area contributed by atoms with Gasteiger partial charge in [0.1, 0.15) is 0 Å². The number of hydrogen-bond acceptors (Lipinski definition) is 3. The minimum atomic E-state index is -0.858. The van der Waals surface area contributed by atoms with Crippen LogP contribution in [-0.4, -0.2) is 46.9 Å². The lowest BCUT2D eigenvalue weighted by atomic mass is 9.90. The van der Waals surface area contributed by atoms with E-state index >= 15 is 0 Å². The lowest BCUT2D eigenvalue weighted by Crippen LogP contribution is -2.49. The SMILES string of the molecule is C[C@@H]1[C@H](C(=O)O)CCCN1C(=O)CCNC(=O)c1ccc(Br)cc1. The molecule has 2 rings (SSSR count). The quantitative estimate of drug-likeness (QED) is 0.798. The van der Waals surface area contributed by atoms with E-state index in [0.717, 1.165) is 4.47 Å². The van der Waals surface area contributed by atoms with Crippen molar-refractivity contribution in [2.75, 3.05) is 13.1 Å². The van der Waals surface area contributed by atoms with E-state index in [1.165, 1.54) is 0 Å². The number of amides is 2. The van der Waals surface area contributed by atoms with Crippen LogP contribution in [0, 0.1) is 5.92 Å². The third-order valence-electron chi connectivity index (χ3n) is 4.36. The summed E-state index contributed by atoms with van der Waals surface area (Å²) in [5.41, 5.74) is 0.530. The molecule has 1 aromatic carbocycles. The first-order valence-corrected chi connectivity index (χ1v) is 8.75. The number of carboxylic acid groups (broad SMARTS) is 1.